The molecule has 0 bridgehead atoms. The molecule has 0 aromatic heterocycles. The number of nitrogens with one attached hydrogen (secondary N) is 1. The summed E-state index contributed by atoms with van der Waals surface area (Å²) in [5, 5.41) is 11.7. The summed E-state index contributed by atoms with van der Waals surface area (Å²) in [5.74, 6) is 0.948. The summed E-state index contributed by atoms with van der Waals surface area (Å²) >= 11 is 0. The molecule has 0 saturated heterocycles. The Morgan fingerprint density at radius 2 is 2.00 bits per heavy atom. The Kier molecular flexibility index (Phi) is 6.04. The van der Waals surface area contributed by atoms with Crippen molar-refractivity contribution in [3.63, 3.8) is 0 Å². The molecule has 3 heteroatoms. The van der Waals surface area contributed by atoms with Crippen molar-refractivity contribution in [1.29, 1.82) is 5.26 Å². The van der Waals surface area contributed by atoms with E-state index in [1.165, 1.54) is 32.1 Å². The van der Waals surface area contributed by atoms with Crippen molar-refractivity contribution in [2.45, 2.75) is 64.8 Å². The highest BCUT2D eigenvalue weighted by Gasteiger charge is 2.18. The van der Waals surface area contributed by atoms with E-state index in [1.54, 1.807) is 0 Å². The van der Waals surface area contributed by atoms with Crippen LogP contribution in [0.15, 0.2) is 0 Å². The van der Waals surface area contributed by atoms with E-state index in [0.29, 0.717) is 6.42 Å². The van der Waals surface area contributed by atoms with Crippen LogP contribution in [0.2, 0.25) is 0 Å². The summed E-state index contributed by atoms with van der Waals surface area (Å²) in [7, 11) is 0. The minimum atomic E-state index is -0.339. The van der Waals surface area contributed by atoms with Crippen molar-refractivity contribution in [2.75, 3.05) is 0 Å². The molecule has 1 fully saturated rings. The fourth-order valence-corrected chi connectivity index (χ4v) is 2.40. The number of nitriles is 1. The summed E-state index contributed by atoms with van der Waals surface area (Å²) in [6.45, 7) is 3.91. The molecule has 1 amide bonds. The maximum Gasteiger partial charge on any atom is 0.221 e. The molecule has 17 heavy (non-hydrogen) atoms. The van der Waals surface area contributed by atoms with Crippen LogP contribution >= 0.6 is 0 Å². The van der Waals surface area contributed by atoms with Gasteiger partial charge >= 0.3 is 0 Å². The van der Waals surface area contributed by atoms with Gasteiger partial charge in [0.05, 0.1) is 6.07 Å². The van der Waals surface area contributed by atoms with E-state index >= 15 is 0 Å². The minimum Gasteiger partial charge on any atom is -0.340 e. The number of nitrogens with zero attached hydrogens (tertiary/aromatic N) is 1. The van der Waals surface area contributed by atoms with E-state index in [2.05, 4.69) is 11.4 Å². The fourth-order valence-electron chi connectivity index (χ4n) is 2.40. The van der Waals surface area contributed by atoms with E-state index < -0.39 is 0 Å². The smallest absolute Gasteiger partial charge is 0.221 e. The van der Waals surface area contributed by atoms with Gasteiger partial charge in [0.25, 0.3) is 0 Å². The zero-order valence-corrected chi connectivity index (χ0v) is 11.0. The van der Waals surface area contributed by atoms with Crippen molar-refractivity contribution < 1.29 is 4.79 Å². The lowest BCUT2D eigenvalue weighted by Gasteiger charge is -2.21. The molecule has 1 aliphatic carbocycles. The zero-order valence-electron chi connectivity index (χ0n) is 11.0. The number of hydrogen-bond donors (Lipinski definition) is 1. The average molecular weight is 236 g/mol. The molecule has 1 aliphatic rings. The highest BCUT2D eigenvalue weighted by molar-refractivity contribution is 5.76. The Balaban J connectivity index is 2.22. The number of carbonyl (C=O) groups is 1. The van der Waals surface area contributed by atoms with Crippen molar-refractivity contribution in [2.24, 2.45) is 11.8 Å². The van der Waals surface area contributed by atoms with Gasteiger partial charge in [-0.3, -0.25) is 4.79 Å². The van der Waals surface area contributed by atoms with E-state index in [9.17, 15) is 4.79 Å². The topological polar surface area (TPSA) is 52.9 Å². The summed E-state index contributed by atoms with van der Waals surface area (Å²) in [6, 6.07) is 1.80. The van der Waals surface area contributed by atoms with Gasteiger partial charge in [0.1, 0.15) is 6.04 Å². The number of carbonyl (C=O) groups excluding carboxylic acids is 1. The highest BCUT2D eigenvalue weighted by Crippen LogP contribution is 2.27. The first-order chi connectivity index (χ1) is 8.13. The largest absolute Gasteiger partial charge is 0.340 e. The molecular formula is C14H24N2O. The predicted octanol–water partition coefficient (Wildman–Crippen LogP) is 3.01. The second-order valence-electron chi connectivity index (χ2n) is 5.46. The van der Waals surface area contributed by atoms with Gasteiger partial charge in [-0.05, 0) is 18.3 Å². The van der Waals surface area contributed by atoms with Crippen LogP contribution in [0.25, 0.3) is 0 Å². The third-order valence-corrected chi connectivity index (χ3v) is 3.63. The fraction of sp³-hybridized carbons (Fsp3) is 0.857. The third-order valence-electron chi connectivity index (χ3n) is 3.63. The van der Waals surface area contributed by atoms with Crippen LogP contribution in [0.4, 0.5) is 0 Å². The van der Waals surface area contributed by atoms with Gasteiger partial charge in [-0.2, -0.15) is 5.26 Å². The molecule has 0 aromatic carbocycles. The van der Waals surface area contributed by atoms with Gasteiger partial charge < -0.3 is 5.32 Å². The first-order valence-corrected chi connectivity index (χ1v) is 6.82. The van der Waals surface area contributed by atoms with Gasteiger partial charge in [-0.15, -0.1) is 0 Å². The molecule has 96 valence electrons. The standard InChI is InChI=1S/C14H24N2O/c1-11(2)13(10-15)16-14(17)9-8-12-6-4-3-5-7-12/h11-13H,3-9H2,1-2H3,(H,16,17). The Morgan fingerprint density at radius 1 is 1.35 bits per heavy atom. The van der Waals surface area contributed by atoms with Crippen molar-refractivity contribution in [3.05, 3.63) is 0 Å². The monoisotopic (exact) mass is 236 g/mol. The molecule has 1 N–H and O–H groups in total. The van der Waals surface area contributed by atoms with Gasteiger partial charge in [-0.1, -0.05) is 46.0 Å². The summed E-state index contributed by atoms with van der Waals surface area (Å²) in [6.07, 6.45) is 8.11. The van der Waals surface area contributed by atoms with Gasteiger partial charge in [-0.25, -0.2) is 0 Å². The van der Waals surface area contributed by atoms with E-state index in [-0.39, 0.29) is 17.9 Å². The molecule has 3 nitrogen and oxygen atoms in total. The average Bonchev–Trinajstić information content (AvgIpc) is 2.34. The molecule has 0 aromatic rings. The molecule has 1 atom stereocenters. The van der Waals surface area contributed by atoms with Gasteiger partial charge in [0, 0.05) is 6.42 Å². The molecular weight excluding hydrogens is 212 g/mol. The molecule has 1 unspecified atom stereocenters. The van der Waals surface area contributed by atoms with Crippen LogP contribution < -0.4 is 5.32 Å². The van der Waals surface area contributed by atoms with Gasteiger partial charge in [0.15, 0.2) is 0 Å². The third kappa shape index (κ3) is 5.21. The van der Waals surface area contributed by atoms with Crippen LogP contribution in [0.1, 0.15) is 58.8 Å². The Labute approximate surface area is 105 Å². The normalized spacial score (nSPS) is 18.7. The molecule has 0 heterocycles. The molecule has 1 saturated carbocycles. The summed E-state index contributed by atoms with van der Waals surface area (Å²) < 4.78 is 0. The first kappa shape index (κ1) is 14.0. The summed E-state index contributed by atoms with van der Waals surface area (Å²) in [5.41, 5.74) is 0. The van der Waals surface area contributed by atoms with Crippen LogP contribution in [0.3, 0.4) is 0 Å². The maximum atomic E-state index is 11.7. The second-order valence-corrected chi connectivity index (χ2v) is 5.46. The SMILES string of the molecule is CC(C)C(C#N)NC(=O)CCC1CCCCC1. The van der Waals surface area contributed by atoms with Crippen LogP contribution in [-0.2, 0) is 4.79 Å². The van der Waals surface area contributed by atoms with Crippen LogP contribution in [0, 0.1) is 23.2 Å². The highest BCUT2D eigenvalue weighted by atomic mass is 16.1. The quantitative estimate of drug-likeness (QED) is 0.797. The maximum absolute atomic E-state index is 11.7. The number of amides is 1. The van der Waals surface area contributed by atoms with E-state index in [0.717, 1.165) is 12.3 Å². The lowest BCUT2D eigenvalue weighted by molar-refractivity contribution is -0.122. The molecule has 0 spiro atoms. The van der Waals surface area contributed by atoms with Crippen molar-refractivity contribution in [3.8, 4) is 6.07 Å². The minimum absolute atomic E-state index is 0.0378. The molecule has 1 rings (SSSR count). The van der Waals surface area contributed by atoms with Gasteiger partial charge in [0.2, 0.25) is 5.91 Å². The Morgan fingerprint density at radius 3 is 2.53 bits per heavy atom. The van der Waals surface area contributed by atoms with Crippen LogP contribution in [0.5, 0.6) is 0 Å². The van der Waals surface area contributed by atoms with Crippen molar-refractivity contribution in [1.82, 2.24) is 5.32 Å². The second kappa shape index (κ2) is 7.32. The first-order valence-electron chi connectivity index (χ1n) is 6.82. The Hall–Kier alpha value is -1.04. The predicted molar refractivity (Wildman–Crippen MR) is 68.2 cm³/mol. The van der Waals surface area contributed by atoms with E-state index in [1.807, 2.05) is 13.8 Å². The van der Waals surface area contributed by atoms with Crippen molar-refractivity contribution >= 4 is 5.91 Å². The van der Waals surface area contributed by atoms with Crippen LogP contribution in [-0.4, -0.2) is 11.9 Å². The number of rotatable bonds is 5. The lowest BCUT2D eigenvalue weighted by atomic mass is 9.86. The summed E-state index contributed by atoms with van der Waals surface area (Å²) in [4.78, 5) is 11.7. The number of hydrogen-bond acceptors (Lipinski definition) is 2. The van der Waals surface area contributed by atoms with E-state index in [4.69, 9.17) is 5.26 Å². The zero-order chi connectivity index (χ0) is 12.7. The molecule has 0 radical (unpaired) electrons. The lowest BCUT2D eigenvalue weighted by Crippen LogP contribution is -2.37. The Bertz CT molecular complexity index is 274. The molecule has 0 aliphatic heterocycles.